The van der Waals surface area contributed by atoms with Crippen LogP contribution in [0.3, 0.4) is 0 Å². The third-order valence-electron chi connectivity index (χ3n) is 1.35. The third-order valence-corrected chi connectivity index (χ3v) is 1.35. The van der Waals surface area contributed by atoms with E-state index in [0.717, 1.165) is 0 Å². The van der Waals surface area contributed by atoms with Crippen molar-refractivity contribution >= 4 is 6.08 Å². The minimum atomic E-state index is -0.827. The zero-order valence-corrected chi connectivity index (χ0v) is 7.01. The second-order valence-electron chi connectivity index (χ2n) is 2.99. The first-order valence-corrected chi connectivity index (χ1v) is 3.84. The van der Waals surface area contributed by atoms with Gasteiger partial charge in [-0.25, -0.2) is 14.2 Å². The van der Waals surface area contributed by atoms with Crippen molar-refractivity contribution in [2.75, 3.05) is 6.54 Å². The first kappa shape index (κ1) is 10.3. The van der Waals surface area contributed by atoms with Crippen LogP contribution in [0, 0.1) is 5.92 Å². The molecule has 1 unspecified atom stereocenters. The molecule has 2 nitrogen and oxygen atoms in total. The van der Waals surface area contributed by atoms with Crippen molar-refractivity contribution in [3.63, 3.8) is 0 Å². The molecule has 0 spiro atoms. The summed E-state index contributed by atoms with van der Waals surface area (Å²) in [6, 6.07) is 0. The molecule has 0 aliphatic rings. The number of isocyanates is 1. The lowest BCUT2D eigenvalue weighted by Gasteiger charge is -2.07. The van der Waals surface area contributed by atoms with Crippen molar-refractivity contribution in [2.45, 2.75) is 32.9 Å². The molecule has 0 saturated carbocycles. The standard InChI is InChI=1S/C8H14FNO/c1-7(2)5-8(9)3-4-10-6-11/h7-8H,3-5H2,1-2H3. The van der Waals surface area contributed by atoms with Crippen LogP contribution in [0.5, 0.6) is 0 Å². The Hall–Kier alpha value is -0.690. The van der Waals surface area contributed by atoms with E-state index in [1.807, 2.05) is 13.8 Å². The Labute approximate surface area is 66.5 Å². The summed E-state index contributed by atoms with van der Waals surface area (Å²) in [5, 5.41) is 0. The highest BCUT2D eigenvalue weighted by atomic mass is 19.1. The lowest BCUT2D eigenvalue weighted by molar-refractivity contribution is 0.270. The van der Waals surface area contributed by atoms with Crippen molar-refractivity contribution in [1.82, 2.24) is 0 Å². The normalized spacial score (nSPS) is 12.7. The van der Waals surface area contributed by atoms with Crippen molar-refractivity contribution in [3.8, 4) is 0 Å². The van der Waals surface area contributed by atoms with Crippen LogP contribution in [0.25, 0.3) is 0 Å². The Balaban J connectivity index is 3.36. The summed E-state index contributed by atoms with van der Waals surface area (Å²) in [5.41, 5.74) is 0. The molecule has 0 heterocycles. The maximum absolute atomic E-state index is 12.8. The first-order chi connectivity index (χ1) is 5.16. The summed E-state index contributed by atoms with van der Waals surface area (Å²) in [6.45, 7) is 4.20. The molecule has 0 aromatic heterocycles. The van der Waals surface area contributed by atoms with Crippen LogP contribution in [-0.2, 0) is 4.79 Å². The van der Waals surface area contributed by atoms with Gasteiger partial charge in [-0.3, -0.25) is 0 Å². The molecular weight excluding hydrogens is 145 g/mol. The van der Waals surface area contributed by atoms with Crippen LogP contribution in [-0.4, -0.2) is 18.8 Å². The first-order valence-electron chi connectivity index (χ1n) is 3.84. The van der Waals surface area contributed by atoms with Crippen LogP contribution in [0.1, 0.15) is 26.7 Å². The van der Waals surface area contributed by atoms with E-state index in [1.165, 1.54) is 6.08 Å². The molecule has 0 amide bonds. The Morgan fingerprint density at radius 1 is 1.55 bits per heavy atom. The van der Waals surface area contributed by atoms with Gasteiger partial charge in [0.2, 0.25) is 6.08 Å². The van der Waals surface area contributed by atoms with Gasteiger partial charge in [0.25, 0.3) is 0 Å². The molecule has 0 aromatic carbocycles. The number of rotatable bonds is 5. The van der Waals surface area contributed by atoms with Gasteiger partial charge >= 0.3 is 0 Å². The number of hydrogen-bond donors (Lipinski definition) is 0. The highest BCUT2D eigenvalue weighted by Crippen LogP contribution is 2.10. The summed E-state index contributed by atoms with van der Waals surface area (Å²) in [6.07, 6.45) is 1.45. The summed E-state index contributed by atoms with van der Waals surface area (Å²) in [5.74, 6) is 0.366. The van der Waals surface area contributed by atoms with Gasteiger partial charge < -0.3 is 0 Å². The number of hydrogen-bond acceptors (Lipinski definition) is 2. The van der Waals surface area contributed by atoms with Crippen LogP contribution < -0.4 is 0 Å². The average Bonchev–Trinajstić information content (AvgIpc) is 1.86. The van der Waals surface area contributed by atoms with E-state index < -0.39 is 6.17 Å². The summed E-state index contributed by atoms with van der Waals surface area (Å²) in [7, 11) is 0. The number of halogens is 1. The van der Waals surface area contributed by atoms with Crippen molar-refractivity contribution in [3.05, 3.63) is 0 Å². The van der Waals surface area contributed by atoms with E-state index in [0.29, 0.717) is 18.8 Å². The monoisotopic (exact) mass is 159 g/mol. The van der Waals surface area contributed by atoms with Gasteiger partial charge in [0.15, 0.2) is 0 Å². The smallest absolute Gasteiger partial charge is 0.234 e. The topological polar surface area (TPSA) is 29.4 Å². The Morgan fingerprint density at radius 2 is 2.18 bits per heavy atom. The summed E-state index contributed by atoms with van der Waals surface area (Å²) < 4.78 is 12.8. The third kappa shape index (κ3) is 7.20. The van der Waals surface area contributed by atoms with E-state index >= 15 is 0 Å². The highest BCUT2D eigenvalue weighted by Gasteiger charge is 2.07. The van der Waals surface area contributed by atoms with Crippen molar-refractivity contribution in [2.24, 2.45) is 10.9 Å². The molecular formula is C8H14FNO. The van der Waals surface area contributed by atoms with Gasteiger partial charge in [-0.05, 0) is 18.8 Å². The van der Waals surface area contributed by atoms with E-state index in [2.05, 4.69) is 4.99 Å². The van der Waals surface area contributed by atoms with E-state index in [-0.39, 0.29) is 6.54 Å². The van der Waals surface area contributed by atoms with Gasteiger partial charge in [-0.1, -0.05) is 13.8 Å². The summed E-state index contributed by atoms with van der Waals surface area (Å²) in [4.78, 5) is 12.9. The predicted octanol–water partition coefficient (Wildman–Crippen LogP) is 2.10. The van der Waals surface area contributed by atoms with E-state index in [1.54, 1.807) is 0 Å². The maximum Gasteiger partial charge on any atom is 0.234 e. The fourth-order valence-electron chi connectivity index (χ4n) is 0.880. The molecule has 0 saturated heterocycles. The molecule has 0 fully saturated rings. The van der Waals surface area contributed by atoms with Gasteiger partial charge in [0.05, 0.1) is 6.54 Å². The Kier molecular flexibility index (Phi) is 5.67. The molecule has 0 aliphatic heterocycles. The fraction of sp³-hybridized carbons (Fsp3) is 0.875. The van der Waals surface area contributed by atoms with Crippen LogP contribution in [0.2, 0.25) is 0 Å². The van der Waals surface area contributed by atoms with Gasteiger partial charge in [0, 0.05) is 0 Å². The Bertz CT molecular complexity index is 141. The quantitative estimate of drug-likeness (QED) is 0.446. The van der Waals surface area contributed by atoms with Gasteiger partial charge in [0.1, 0.15) is 6.17 Å². The molecule has 1 atom stereocenters. The molecule has 0 bridgehead atoms. The summed E-state index contributed by atoms with van der Waals surface area (Å²) >= 11 is 0. The molecule has 64 valence electrons. The predicted molar refractivity (Wildman–Crippen MR) is 42.0 cm³/mol. The van der Waals surface area contributed by atoms with Crippen molar-refractivity contribution in [1.29, 1.82) is 0 Å². The van der Waals surface area contributed by atoms with Crippen molar-refractivity contribution < 1.29 is 9.18 Å². The molecule has 0 N–H and O–H groups in total. The van der Waals surface area contributed by atoms with Crippen LogP contribution in [0.4, 0.5) is 4.39 Å². The Morgan fingerprint density at radius 3 is 2.64 bits per heavy atom. The molecule has 0 rings (SSSR count). The second kappa shape index (κ2) is 6.05. The molecule has 0 radical (unpaired) electrons. The molecule has 11 heavy (non-hydrogen) atoms. The lowest BCUT2D eigenvalue weighted by atomic mass is 10.1. The van der Waals surface area contributed by atoms with Gasteiger partial charge in [-0.2, -0.15) is 0 Å². The number of carbonyl (C=O) groups excluding carboxylic acids is 1. The minimum absolute atomic E-state index is 0.261. The second-order valence-corrected chi connectivity index (χ2v) is 2.99. The number of nitrogens with zero attached hydrogens (tertiary/aromatic N) is 1. The van der Waals surface area contributed by atoms with Crippen LogP contribution >= 0.6 is 0 Å². The SMILES string of the molecule is CC(C)CC(F)CCN=C=O. The number of aliphatic imine (C=N–C) groups is 1. The average molecular weight is 159 g/mol. The maximum atomic E-state index is 12.8. The molecule has 3 heteroatoms. The van der Waals surface area contributed by atoms with Gasteiger partial charge in [-0.15, -0.1) is 0 Å². The number of alkyl halides is 1. The molecule has 0 aromatic rings. The lowest BCUT2D eigenvalue weighted by Crippen LogP contribution is -2.05. The largest absolute Gasteiger partial charge is 0.247 e. The minimum Gasteiger partial charge on any atom is -0.247 e. The zero-order chi connectivity index (χ0) is 8.69. The van der Waals surface area contributed by atoms with E-state index in [9.17, 15) is 9.18 Å². The highest BCUT2D eigenvalue weighted by molar-refractivity contribution is 5.32. The zero-order valence-electron chi connectivity index (χ0n) is 7.01. The molecule has 0 aliphatic carbocycles. The fourth-order valence-corrected chi connectivity index (χ4v) is 0.880. The van der Waals surface area contributed by atoms with E-state index in [4.69, 9.17) is 0 Å². The van der Waals surface area contributed by atoms with Crippen LogP contribution in [0.15, 0.2) is 4.99 Å².